The second-order valence-electron chi connectivity index (χ2n) is 6.44. The van der Waals surface area contributed by atoms with Crippen LogP contribution < -0.4 is 11.1 Å². The highest BCUT2D eigenvalue weighted by Gasteiger charge is 2.67. The summed E-state index contributed by atoms with van der Waals surface area (Å²) in [5, 5.41) is 3.13. The van der Waals surface area contributed by atoms with Gasteiger partial charge in [0.25, 0.3) is 0 Å². The average molecular weight is 236 g/mol. The predicted octanol–water partition coefficient (Wildman–Crippen LogP) is 1.38. The number of carbonyl (C=O) groups excluding carboxylic acids is 1. The summed E-state index contributed by atoms with van der Waals surface area (Å²) in [7, 11) is 0. The van der Waals surface area contributed by atoms with Crippen molar-refractivity contribution in [1.82, 2.24) is 5.32 Å². The molecule has 3 aliphatic rings. The van der Waals surface area contributed by atoms with Crippen molar-refractivity contribution in [2.45, 2.75) is 32.6 Å². The van der Waals surface area contributed by atoms with Crippen molar-refractivity contribution in [3.8, 4) is 0 Å². The van der Waals surface area contributed by atoms with Crippen molar-refractivity contribution < 1.29 is 4.79 Å². The molecule has 17 heavy (non-hydrogen) atoms. The zero-order valence-electron chi connectivity index (χ0n) is 10.7. The van der Waals surface area contributed by atoms with E-state index in [1.165, 1.54) is 19.3 Å². The van der Waals surface area contributed by atoms with Crippen LogP contribution in [0, 0.1) is 35.5 Å². The van der Waals surface area contributed by atoms with Crippen molar-refractivity contribution in [3.05, 3.63) is 0 Å². The third-order valence-electron chi connectivity index (χ3n) is 5.32. The van der Waals surface area contributed by atoms with E-state index in [1.807, 2.05) is 0 Å². The summed E-state index contributed by atoms with van der Waals surface area (Å²) >= 11 is 0. The molecule has 0 aromatic rings. The lowest BCUT2D eigenvalue weighted by molar-refractivity contribution is -0.123. The molecule has 3 aliphatic carbocycles. The van der Waals surface area contributed by atoms with Gasteiger partial charge in [0.1, 0.15) is 0 Å². The largest absolute Gasteiger partial charge is 0.356 e. The normalized spacial score (nSPS) is 43.3. The Kier molecular flexibility index (Phi) is 2.89. The minimum Gasteiger partial charge on any atom is -0.356 e. The van der Waals surface area contributed by atoms with E-state index in [4.69, 9.17) is 5.73 Å². The molecule has 3 fully saturated rings. The standard InChI is InChI=1S/C14H24N2O/c1-8(4-5-15)7-16-14(17)13-11-9-2-3-10(6-9)12(11)13/h8-13H,2-7,15H2,1H3,(H,16,17). The Morgan fingerprint density at radius 1 is 1.35 bits per heavy atom. The fourth-order valence-electron chi connectivity index (χ4n) is 4.45. The molecule has 3 N–H and O–H groups in total. The zero-order valence-corrected chi connectivity index (χ0v) is 10.7. The minimum absolute atomic E-state index is 0.334. The molecule has 3 nitrogen and oxygen atoms in total. The summed E-state index contributed by atoms with van der Waals surface area (Å²) in [5.41, 5.74) is 5.51. The van der Waals surface area contributed by atoms with Crippen LogP contribution in [-0.2, 0) is 4.79 Å². The van der Waals surface area contributed by atoms with Gasteiger partial charge in [0, 0.05) is 12.5 Å². The zero-order chi connectivity index (χ0) is 12.0. The van der Waals surface area contributed by atoms with E-state index in [1.54, 1.807) is 0 Å². The molecule has 0 heterocycles. The molecule has 0 radical (unpaired) electrons. The number of amides is 1. The Labute approximate surface area is 104 Å². The van der Waals surface area contributed by atoms with Crippen LogP contribution in [0.3, 0.4) is 0 Å². The van der Waals surface area contributed by atoms with Gasteiger partial charge in [-0.1, -0.05) is 6.92 Å². The molecule has 96 valence electrons. The number of hydrogen-bond acceptors (Lipinski definition) is 2. The summed E-state index contributed by atoms with van der Waals surface area (Å²) in [6, 6.07) is 0. The average Bonchev–Trinajstić information content (AvgIpc) is 2.75. The topological polar surface area (TPSA) is 55.1 Å². The van der Waals surface area contributed by atoms with Crippen molar-refractivity contribution in [1.29, 1.82) is 0 Å². The molecule has 3 rings (SSSR count). The monoisotopic (exact) mass is 236 g/mol. The van der Waals surface area contributed by atoms with Gasteiger partial charge in [0.2, 0.25) is 5.91 Å². The lowest BCUT2D eigenvalue weighted by Gasteiger charge is -2.13. The van der Waals surface area contributed by atoms with Crippen LogP contribution in [0.25, 0.3) is 0 Å². The van der Waals surface area contributed by atoms with Crippen molar-refractivity contribution >= 4 is 5.91 Å². The highest BCUT2D eigenvalue weighted by atomic mass is 16.2. The van der Waals surface area contributed by atoms with Crippen molar-refractivity contribution in [3.63, 3.8) is 0 Å². The summed E-state index contributed by atoms with van der Waals surface area (Å²) < 4.78 is 0. The van der Waals surface area contributed by atoms with Crippen LogP contribution in [0.15, 0.2) is 0 Å². The lowest BCUT2D eigenvalue weighted by Crippen LogP contribution is -2.32. The van der Waals surface area contributed by atoms with E-state index in [0.717, 1.165) is 43.2 Å². The van der Waals surface area contributed by atoms with Gasteiger partial charge in [-0.15, -0.1) is 0 Å². The maximum atomic E-state index is 12.1. The number of rotatable bonds is 5. The van der Waals surface area contributed by atoms with Crippen LogP contribution in [0.5, 0.6) is 0 Å². The molecule has 0 aromatic heterocycles. The van der Waals surface area contributed by atoms with Gasteiger partial charge in [-0.05, 0) is 61.8 Å². The van der Waals surface area contributed by atoms with Crippen LogP contribution >= 0.6 is 0 Å². The maximum Gasteiger partial charge on any atom is 0.223 e. The van der Waals surface area contributed by atoms with Gasteiger partial charge in [-0.3, -0.25) is 4.79 Å². The van der Waals surface area contributed by atoms with E-state index in [-0.39, 0.29) is 0 Å². The van der Waals surface area contributed by atoms with Gasteiger partial charge >= 0.3 is 0 Å². The molecule has 3 heteroatoms. The van der Waals surface area contributed by atoms with Crippen LogP contribution in [0.2, 0.25) is 0 Å². The van der Waals surface area contributed by atoms with E-state index in [9.17, 15) is 4.79 Å². The van der Waals surface area contributed by atoms with Gasteiger partial charge in [-0.25, -0.2) is 0 Å². The van der Waals surface area contributed by atoms with Gasteiger partial charge < -0.3 is 11.1 Å². The summed E-state index contributed by atoms with van der Waals surface area (Å²) in [6.45, 7) is 3.68. The molecule has 5 atom stereocenters. The summed E-state index contributed by atoms with van der Waals surface area (Å²) in [6.07, 6.45) is 5.20. The highest BCUT2D eigenvalue weighted by Crippen LogP contribution is 2.69. The lowest BCUT2D eigenvalue weighted by atomic mass is 10.0. The molecule has 0 aliphatic heterocycles. The quantitative estimate of drug-likeness (QED) is 0.757. The number of nitrogens with one attached hydrogen (secondary N) is 1. The fraction of sp³-hybridized carbons (Fsp3) is 0.929. The van der Waals surface area contributed by atoms with E-state index in [0.29, 0.717) is 17.7 Å². The molecule has 2 bridgehead atoms. The third kappa shape index (κ3) is 1.88. The van der Waals surface area contributed by atoms with Crippen LogP contribution in [-0.4, -0.2) is 19.0 Å². The molecule has 1 amide bonds. The predicted molar refractivity (Wildman–Crippen MR) is 67.1 cm³/mol. The van der Waals surface area contributed by atoms with E-state index >= 15 is 0 Å². The Balaban J connectivity index is 1.46. The smallest absolute Gasteiger partial charge is 0.223 e. The number of hydrogen-bond donors (Lipinski definition) is 2. The Morgan fingerprint density at radius 2 is 2.00 bits per heavy atom. The van der Waals surface area contributed by atoms with Gasteiger partial charge in [-0.2, -0.15) is 0 Å². The van der Waals surface area contributed by atoms with Crippen LogP contribution in [0.4, 0.5) is 0 Å². The number of carbonyl (C=O) groups is 1. The molecule has 3 saturated carbocycles. The molecule has 0 spiro atoms. The number of fused-ring (bicyclic) bond motifs is 5. The van der Waals surface area contributed by atoms with Gasteiger partial charge in [0.05, 0.1) is 0 Å². The van der Waals surface area contributed by atoms with Crippen molar-refractivity contribution in [2.75, 3.05) is 13.1 Å². The molecule has 5 unspecified atom stereocenters. The third-order valence-corrected chi connectivity index (χ3v) is 5.32. The Hall–Kier alpha value is -0.570. The maximum absolute atomic E-state index is 12.1. The first-order chi connectivity index (χ1) is 8.22. The number of nitrogens with two attached hydrogens (primary N) is 1. The van der Waals surface area contributed by atoms with Crippen molar-refractivity contribution in [2.24, 2.45) is 41.2 Å². The SMILES string of the molecule is CC(CCN)CNC(=O)C1C2C3CCC(C3)C12. The molecule has 0 aromatic carbocycles. The molecular formula is C14H24N2O. The van der Waals surface area contributed by atoms with Gasteiger partial charge in [0.15, 0.2) is 0 Å². The minimum atomic E-state index is 0.334. The molecule has 0 saturated heterocycles. The van der Waals surface area contributed by atoms with E-state index < -0.39 is 0 Å². The Bertz CT molecular complexity index is 301. The molecular weight excluding hydrogens is 212 g/mol. The second kappa shape index (κ2) is 4.27. The Morgan fingerprint density at radius 3 is 2.59 bits per heavy atom. The van der Waals surface area contributed by atoms with E-state index in [2.05, 4.69) is 12.2 Å². The first-order valence-corrected chi connectivity index (χ1v) is 7.20. The summed E-state index contributed by atoms with van der Waals surface area (Å²) in [4.78, 5) is 12.1. The fourth-order valence-corrected chi connectivity index (χ4v) is 4.45. The first kappa shape index (κ1) is 11.5. The second-order valence-corrected chi connectivity index (χ2v) is 6.44. The summed E-state index contributed by atoms with van der Waals surface area (Å²) in [5.74, 6) is 4.53. The van der Waals surface area contributed by atoms with Crippen LogP contribution in [0.1, 0.15) is 32.6 Å². The first-order valence-electron chi connectivity index (χ1n) is 7.20. The highest BCUT2D eigenvalue weighted by molar-refractivity contribution is 5.82.